The van der Waals surface area contributed by atoms with Crippen LogP contribution in [0.15, 0.2) is 0 Å². The number of nitrogens with zero attached hydrogens (tertiary/aromatic N) is 1. The van der Waals surface area contributed by atoms with Gasteiger partial charge in [-0.1, -0.05) is 13.8 Å². The number of rotatable bonds is 3. The van der Waals surface area contributed by atoms with Gasteiger partial charge in [-0.25, -0.2) is 0 Å². The molecule has 1 heterocycles. The van der Waals surface area contributed by atoms with Gasteiger partial charge in [-0.15, -0.1) is 0 Å². The molecule has 0 aromatic rings. The number of nitrogens with one attached hydrogen (secondary N) is 1. The molecule has 1 aliphatic rings. The van der Waals surface area contributed by atoms with Crippen molar-refractivity contribution in [2.45, 2.75) is 52.6 Å². The lowest BCUT2D eigenvalue weighted by molar-refractivity contribution is -0.132. The summed E-state index contributed by atoms with van der Waals surface area (Å²) in [7, 11) is 0. The van der Waals surface area contributed by atoms with Gasteiger partial charge in [0.15, 0.2) is 0 Å². The molecule has 2 unspecified atom stereocenters. The first-order chi connectivity index (χ1) is 7.00. The van der Waals surface area contributed by atoms with Crippen LogP contribution in [0.4, 0.5) is 0 Å². The fourth-order valence-corrected chi connectivity index (χ4v) is 1.95. The van der Waals surface area contributed by atoms with Crippen LogP contribution in [0, 0.1) is 5.92 Å². The Balaban J connectivity index is 2.51. The third-order valence-electron chi connectivity index (χ3n) is 3.03. The maximum Gasteiger partial charge on any atom is 0.239 e. The van der Waals surface area contributed by atoms with Crippen LogP contribution in [0.3, 0.4) is 0 Å². The highest BCUT2D eigenvalue weighted by molar-refractivity contribution is 5.81. The van der Waals surface area contributed by atoms with Gasteiger partial charge in [-0.05, 0) is 32.6 Å². The first-order valence-electron chi connectivity index (χ1n) is 6.05. The summed E-state index contributed by atoms with van der Waals surface area (Å²) in [5.41, 5.74) is 0. The van der Waals surface area contributed by atoms with Crippen molar-refractivity contribution in [3.8, 4) is 0 Å². The van der Waals surface area contributed by atoms with E-state index in [1.165, 1.54) is 0 Å². The maximum atomic E-state index is 12.0. The lowest BCUT2D eigenvalue weighted by Gasteiger charge is -2.23. The minimum absolute atomic E-state index is 0.0188. The molecule has 0 spiro atoms. The normalized spacial score (nSPS) is 28.3. The molecule has 1 amide bonds. The van der Waals surface area contributed by atoms with Gasteiger partial charge in [0.05, 0.1) is 6.04 Å². The molecule has 0 bridgehead atoms. The number of carbonyl (C=O) groups excluding carboxylic acids is 1. The summed E-state index contributed by atoms with van der Waals surface area (Å²) in [5.74, 6) is 0.932. The van der Waals surface area contributed by atoms with Crippen LogP contribution in [0.5, 0.6) is 0 Å². The van der Waals surface area contributed by atoms with Crippen molar-refractivity contribution < 1.29 is 4.79 Å². The zero-order valence-corrected chi connectivity index (χ0v) is 10.4. The van der Waals surface area contributed by atoms with Crippen LogP contribution < -0.4 is 5.32 Å². The van der Waals surface area contributed by atoms with E-state index >= 15 is 0 Å². The lowest BCUT2D eigenvalue weighted by atomic mass is 10.1. The summed E-state index contributed by atoms with van der Waals surface area (Å²) >= 11 is 0. The van der Waals surface area contributed by atoms with Gasteiger partial charge in [0.1, 0.15) is 0 Å². The van der Waals surface area contributed by atoms with Gasteiger partial charge < -0.3 is 10.2 Å². The molecule has 3 heteroatoms. The standard InChI is InChI=1S/C12H24N2O/c1-9(2)5-7-14-8-6-10(3)13-11(4)12(14)15/h9-11,13H,5-8H2,1-4H3. The van der Waals surface area contributed by atoms with E-state index in [0.29, 0.717) is 12.0 Å². The second kappa shape index (κ2) is 5.50. The monoisotopic (exact) mass is 212 g/mol. The molecule has 3 nitrogen and oxygen atoms in total. The Morgan fingerprint density at radius 2 is 2.13 bits per heavy atom. The molecule has 0 radical (unpaired) electrons. The maximum absolute atomic E-state index is 12.0. The topological polar surface area (TPSA) is 32.3 Å². The minimum Gasteiger partial charge on any atom is -0.341 e. The van der Waals surface area contributed by atoms with Crippen molar-refractivity contribution >= 4 is 5.91 Å². The highest BCUT2D eigenvalue weighted by atomic mass is 16.2. The van der Waals surface area contributed by atoms with Crippen LogP contribution >= 0.6 is 0 Å². The predicted octanol–water partition coefficient (Wildman–Crippen LogP) is 1.63. The lowest BCUT2D eigenvalue weighted by Crippen LogP contribution is -2.43. The van der Waals surface area contributed by atoms with Crippen molar-refractivity contribution in [2.24, 2.45) is 5.92 Å². The average molecular weight is 212 g/mol. The number of hydrogen-bond donors (Lipinski definition) is 1. The molecule has 1 fully saturated rings. The zero-order valence-electron chi connectivity index (χ0n) is 10.4. The molecule has 0 aromatic heterocycles. The molecule has 1 saturated heterocycles. The Hall–Kier alpha value is -0.570. The van der Waals surface area contributed by atoms with E-state index in [2.05, 4.69) is 26.1 Å². The van der Waals surface area contributed by atoms with Crippen molar-refractivity contribution in [1.82, 2.24) is 10.2 Å². The van der Waals surface area contributed by atoms with Crippen molar-refractivity contribution in [2.75, 3.05) is 13.1 Å². The van der Waals surface area contributed by atoms with Gasteiger partial charge in [-0.3, -0.25) is 4.79 Å². The molecule has 88 valence electrons. The van der Waals surface area contributed by atoms with E-state index in [4.69, 9.17) is 0 Å². The number of amides is 1. The molecule has 1 rings (SSSR count). The molecular weight excluding hydrogens is 188 g/mol. The fraction of sp³-hybridized carbons (Fsp3) is 0.917. The summed E-state index contributed by atoms with van der Waals surface area (Å²) in [4.78, 5) is 14.0. The zero-order chi connectivity index (χ0) is 11.4. The molecule has 1 N–H and O–H groups in total. The van der Waals surface area contributed by atoms with Gasteiger partial charge in [0.25, 0.3) is 0 Å². The second-order valence-corrected chi connectivity index (χ2v) is 5.09. The van der Waals surface area contributed by atoms with Gasteiger partial charge in [-0.2, -0.15) is 0 Å². The Labute approximate surface area is 93.2 Å². The summed E-state index contributed by atoms with van der Waals surface area (Å²) in [5, 5.41) is 3.32. The summed E-state index contributed by atoms with van der Waals surface area (Å²) < 4.78 is 0. The molecule has 1 aliphatic heterocycles. The highest BCUT2D eigenvalue weighted by Gasteiger charge is 2.25. The van der Waals surface area contributed by atoms with Crippen LogP contribution in [0.1, 0.15) is 40.5 Å². The van der Waals surface area contributed by atoms with Crippen LogP contribution in [0.2, 0.25) is 0 Å². The van der Waals surface area contributed by atoms with Crippen molar-refractivity contribution in [3.63, 3.8) is 0 Å². The molecule has 2 atom stereocenters. The summed E-state index contributed by atoms with van der Waals surface area (Å²) in [6, 6.07) is 0.433. The fourth-order valence-electron chi connectivity index (χ4n) is 1.95. The Morgan fingerprint density at radius 3 is 2.73 bits per heavy atom. The largest absolute Gasteiger partial charge is 0.341 e. The second-order valence-electron chi connectivity index (χ2n) is 5.09. The van der Waals surface area contributed by atoms with Gasteiger partial charge >= 0.3 is 0 Å². The Kier molecular flexibility index (Phi) is 4.58. The molecule has 0 aliphatic carbocycles. The number of hydrogen-bond acceptors (Lipinski definition) is 2. The molecule has 0 aromatic carbocycles. The highest BCUT2D eigenvalue weighted by Crippen LogP contribution is 2.09. The van der Waals surface area contributed by atoms with Crippen LogP contribution in [0.25, 0.3) is 0 Å². The van der Waals surface area contributed by atoms with E-state index < -0.39 is 0 Å². The molecule has 0 saturated carbocycles. The summed E-state index contributed by atoms with van der Waals surface area (Å²) in [6.45, 7) is 10.3. The first-order valence-corrected chi connectivity index (χ1v) is 6.05. The Morgan fingerprint density at radius 1 is 1.47 bits per heavy atom. The van der Waals surface area contributed by atoms with Crippen molar-refractivity contribution in [3.05, 3.63) is 0 Å². The van der Waals surface area contributed by atoms with Crippen LogP contribution in [-0.4, -0.2) is 36.0 Å². The van der Waals surface area contributed by atoms with E-state index in [1.807, 2.05) is 11.8 Å². The third kappa shape index (κ3) is 3.82. The first kappa shape index (κ1) is 12.5. The van der Waals surface area contributed by atoms with E-state index in [9.17, 15) is 4.79 Å². The average Bonchev–Trinajstić information content (AvgIpc) is 2.26. The van der Waals surface area contributed by atoms with Gasteiger partial charge in [0, 0.05) is 19.1 Å². The van der Waals surface area contributed by atoms with Crippen LogP contribution in [-0.2, 0) is 4.79 Å². The minimum atomic E-state index is -0.0188. The predicted molar refractivity (Wildman–Crippen MR) is 62.7 cm³/mol. The molecule has 15 heavy (non-hydrogen) atoms. The SMILES string of the molecule is CC(C)CCN1CCC(C)NC(C)C1=O. The Bertz CT molecular complexity index is 216. The summed E-state index contributed by atoms with van der Waals surface area (Å²) in [6.07, 6.45) is 2.17. The van der Waals surface area contributed by atoms with E-state index in [-0.39, 0.29) is 11.9 Å². The van der Waals surface area contributed by atoms with Crippen molar-refractivity contribution in [1.29, 1.82) is 0 Å². The molecular formula is C12H24N2O. The van der Waals surface area contributed by atoms with E-state index in [1.54, 1.807) is 0 Å². The quantitative estimate of drug-likeness (QED) is 0.771. The van der Waals surface area contributed by atoms with E-state index in [0.717, 1.165) is 25.9 Å². The smallest absolute Gasteiger partial charge is 0.239 e. The number of carbonyl (C=O) groups is 1. The van der Waals surface area contributed by atoms with Gasteiger partial charge in [0.2, 0.25) is 5.91 Å². The third-order valence-corrected chi connectivity index (χ3v) is 3.03.